The number of carbonyl (C=O) groups excluding carboxylic acids is 2. The van der Waals surface area contributed by atoms with E-state index in [0.717, 1.165) is 19.5 Å². The summed E-state index contributed by atoms with van der Waals surface area (Å²) in [5.74, 6) is -0.389. The van der Waals surface area contributed by atoms with Gasteiger partial charge >= 0.3 is 18.2 Å². The minimum atomic E-state index is -5.24. The Morgan fingerprint density at radius 1 is 0.950 bits per heavy atom. The number of carbonyl (C=O) groups is 2. The van der Waals surface area contributed by atoms with Crippen LogP contribution in [0.5, 0.6) is 11.5 Å². The van der Waals surface area contributed by atoms with Crippen LogP contribution in [-0.4, -0.2) is 50.7 Å². The number of rotatable bonds is 6. The first-order valence-corrected chi connectivity index (χ1v) is 12.3. The first-order valence-electron chi connectivity index (χ1n) is 11.9. The fourth-order valence-corrected chi connectivity index (χ4v) is 5.60. The molecule has 2 atom stereocenters. The van der Waals surface area contributed by atoms with E-state index in [4.69, 9.17) is 25.8 Å². The van der Waals surface area contributed by atoms with Gasteiger partial charge in [0.2, 0.25) is 11.1 Å². The van der Waals surface area contributed by atoms with Crippen molar-refractivity contribution in [1.82, 2.24) is 4.90 Å². The van der Waals surface area contributed by atoms with Crippen LogP contribution < -0.4 is 14.4 Å². The van der Waals surface area contributed by atoms with Crippen molar-refractivity contribution in [3.05, 3.63) is 88.4 Å². The highest BCUT2D eigenvalue weighted by molar-refractivity contribution is 6.30. The largest absolute Gasteiger partial charge is 0.497 e. The number of alkyl halides is 3. The van der Waals surface area contributed by atoms with E-state index in [1.54, 1.807) is 24.3 Å². The van der Waals surface area contributed by atoms with Crippen molar-refractivity contribution in [2.45, 2.75) is 23.8 Å². The van der Waals surface area contributed by atoms with Gasteiger partial charge < -0.3 is 14.2 Å². The molecule has 3 aromatic carbocycles. The fraction of sp³-hybridized carbons (Fsp3) is 0.250. The number of ether oxygens (including phenoxy) is 3. The van der Waals surface area contributed by atoms with Crippen molar-refractivity contribution < 1.29 is 37.0 Å². The molecule has 40 heavy (non-hydrogen) atoms. The monoisotopic (exact) mass is 573 g/mol. The molecule has 0 spiro atoms. The van der Waals surface area contributed by atoms with Crippen LogP contribution in [0.1, 0.15) is 16.7 Å². The predicted molar refractivity (Wildman–Crippen MR) is 141 cm³/mol. The van der Waals surface area contributed by atoms with E-state index >= 15 is 13.2 Å². The minimum absolute atomic E-state index is 0.0264. The first kappa shape index (κ1) is 27.3. The number of hydrogen-bond donors (Lipinski definition) is 0. The van der Waals surface area contributed by atoms with Gasteiger partial charge in [-0.1, -0.05) is 35.9 Å². The lowest BCUT2D eigenvalue weighted by atomic mass is 9.66. The van der Waals surface area contributed by atoms with E-state index in [2.05, 4.69) is 4.99 Å². The molecule has 0 radical (unpaired) electrons. The van der Waals surface area contributed by atoms with Crippen LogP contribution in [0.3, 0.4) is 0 Å². The Morgan fingerprint density at radius 2 is 1.55 bits per heavy atom. The number of urea groups is 1. The van der Waals surface area contributed by atoms with Gasteiger partial charge in [-0.05, 0) is 53.6 Å². The molecule has 0 saturated heterocycles. The van der Waals surface area contributed by atoms with Gasteiger partial charge in [-0.25, -0.2) is 14.6 Å². The van der Waals surface area contributed by atoms with E-state index in [-0.39, 0.29) is 22.8 Å². The van der Waals surface area contributed by atoms with Gasteiger partial charge in [0.1, 0.15) is 11.5 Å². The second kappa shape index (κ2) is 9.74. The molecule has 2 aliphatic rings. The van der Waals surface area contributed by atoms with Gasteiger partial charge in [0.25, 0.3) is 0 Å². The molecule has 8 nitrogen and oxygen atoms in total. The van der Waals surface area contributed by atoms with E-state index in [1.807, 2.05) is 0 Å². The third-order valence-corrected chi connectivity index (χ3v) is 7.46. The van der Waals surface area contributed by atoms with Crippen LogP contribution in [0, 0.1) is 0 Å². The average molecular weight is 574 g/mol. The standard InChI is InChI=1S/C28H23ClF3N3O5/c1-38-20-9-4-17(5-10-20)15-34-23-13-8-19(29)14-22(23)27(28(30,31)32)26(24(36)40-3,33-16-35(27)25(34)37)18-6-11-21(39-2)12-7-18/h4-14,16H,15H2,1-3H3/t26-,27-/m0/s1. The number of nitrogens with zero attached hydrogens (tertiary/aromatic N) is 3. The number of amides is 2. The molecule has 2 aliphatic heterocycles. The average Bonchev–Trinajstić information content (AvgIpc) is 3.34. The Bertz CT molecular complexity index is 1500. The second-order valence-electron chi connectivity index (χ2n) is 9.13. The highest BCUT2D eigenvalue weighted by Crippen LogP contribution is 2.63. The number of fused-ring (bicyclic) bond motifs is 3. The molecule has 2 heterocycles. The van der Waals surface area contributed by atoms with Crippen LogP contribution in [0.15, 0.2) is 71.7 Å². The zero-order chi connectivity index (χ0) is 28.9. The zero-order valence-electron chi connectivity index (χ0n) is 21.5. The maximum absolute atomic E-state index is 15.7. The highest BCUT2D eigenvalue weighted by Gasteiger charge is 2.80. The van der Waals surface area contributed by atoms with Crippen LogP contribution in [-0.2, 0) is 27.2 Å². The molecule has 208 valence electrons. The van der Waals surface area contributed by atoms with E-state index in [1.165, 1.54) is 55.5 Å². The summed E-state index contributed by atoms with van der Waals surface area (Å²) in [5, 5.41) is -0.0264. The lowest BCUT2D eigenvalue weighted by Gasteiger charge is -2.52. The molecule has 3 aromatic rings. The number of methoxy groups -OCH3 is 3. The summed E-state index contributed by atoms with van der Waals surface area (Å²) in [6, 6.07) is 14.9. The topological polar surface area (TPSA) is 80.7 Å². The summed E-state index contributed by atoms with van der Waals surface area (Å²) in [5.41, 5.74) is -6.12. The molecule has 0 fully saturated rings. The van der Waals surface area contributed by atoms with Crippen LogP contribution >= 0.6 is 11.6 Å². The Labute approximate surface area is 232 Å². The molecular weight excluding hydrogens is 551 g/mol. The highest BCUT2D eigenvalue weighted by atomic mass is 35.5. The summed E-state index contributed by atoms with van der Waals surface area (Å²) in [6.45, 7) is -0.0799. The fourth-order valence-electron chi connectivity index (χ4n) is 5.43. The number of benzene rings is 3. The molecule has 0 N–H and O–H groups in total. The van der Waals surface area contributed by atoms with E-state index in [9.17, 15) is 9.59 Å². The van der Waals surface area contributed by atoms with Crippen molar-refractivity contribution in [1.29, 1.82) is 0 Å². The zero-order valence-corrected chi connectivity index (χ0v) is 22.3. The summed E-state index contributed by atoms with van der Waals surface area (Å²) in [7, 11) is 3.87. The van der Waals surface area contributed by atoms with Gasteiger partial charge in [0.15, 0.2) is 0 Å². The van der Waals surface area contributed by atoms with Gasteiger partial charge in [-0.3, -0.25) is 9.80 Å². The Kier molecular flexibility index (Phi) is 6.65. The lowest BCUT2D eigenvalue weighted by molar-refractivity contribution is -0.239. The normalized spacial score (nSPS) is 21.6. The number of anilines is 1. The Balaban J connectivity index is 1.80. The van der Waals surface area contributed by atoms with Gasteiger partial charge in [0.05, 0.1) is 39.9 Å². The SMILES string of the molecule is COC(=O)[C@]1(c2ccc(OC)cc2)N=CN2C(=O)N(Cc3ccc(OC)cc3)c3ccc(Cl)cc3[C@]21C(F)(F)F. The van der Waals surface area contributed by atoms with Crippen molar-refractivity contribution in [3.63, 3.8) is 0 Å². The third kappa shape index (κ3) is 3.71. The van der Waals surface area contributed by atoms with Gasteiger partial charge in [-0.15, -0.1) is 0 Å². The number of esters is 1. The number of halogens is 4. The van der Waals surface area contributed by atoms with Crippen molar-refractivity contribution in [3.8, 4) is 11.5 Å². The van der Waals surface area contributed by atoms with E-state index < -0.39 is 34.8 Å². The number of aliphatic imine (C=N–C) groups is 1. The predicted octanol–water partition coefficient (Wildman–Crippen LogP) is 5.67. The summed E-state index contributed by atoms with van der Waals surface area (Å²) < 4.78 is 62.5. The maximum atomic E-state index is 15.7. The van der Waals surface area contributed by atoms with Gasteiger partial charge in [-0.2, -0.15) is 13.2 Å². The second-order valence-corrected chi connectivity index (χ2v) is 9.57. The minimum Gasteiger partial charge on any atom is -0.497 e. The van der Waals surface area contributed by atoms with Crippen LogP contribution in [0.25, 0.3) is 0 Å². The molecular formula is C28H23ClF3N3O5. The van der Waals surface area contributed by atoms with Crippen LogP contribution in [0.4, 0.5) is 23.7 Å². The van der Waals surface area contributed by atoms with Crippen molar-refractivity contribution in [2.24, 2.45) is 4.99 Å². The first-order chi connectivity index (χ1) is 19.0. The smallest absolute Gasteiger partial charge is 0.419 e. The molecule has 0 aliphatic carbocycles. The van der Waals surface area contributed by atoms with E-state index in [0.29, 0.717) is 22.0 Å². The molecule has 0 unspecified atom stereocenters. The summed E-state index contributed by atoms with van der Waals surface area (Å²) in [4.78, 5) is 33.4. The van der Waals surface area contributed by atoms with Crippen molar-refractivity contribution >= 4 is 35.6 Å². The maximum Gasteiger partial charge on any atom is 0.419 e. The van der Waals surface area contributed by atoms with Gasteiger partial charge in [0, 0.05) is 10.6 Å². The molecule has 12 heteroatoms. The molecule has 0 saturated carbocycles. The third-order valence-electron chi connectivity index (χ3n) is 7.23. The summed E-state index contributed by atoms with van der Waals surface area (Å²) >= 11 is 6.27. The number of hydrogen-bond acceptors (Lipinski definition) is 6. The molecule has 5 rings (SSSR count). The summed E-state index contributed by atoms with van der Waals surface area (Å²) in [6.07, 6.45) is -4.49. The quantitative estimate of drug-likeness (QED) is 0.355. The lowest BCUT2D eigenvalue weighted by Crippen LogP contribution is -2.70. The molecule has 0 bridgehead atoms. The molecule has 2 amide bonds. The van der Waals surface area contributed by atoms with Crippen LogP contribution in [0.2, 0.25) is 5.02 Å². The Morgan fingerprint density at radius 3 is 2.10 bits per heavy atom. The van der Waals surface area contributed by atoms with Crippen molar-refractivity contribution in [2.75, 3.05) is 26.2 Å². The molecule has 0 aromatic heterocycles. The Hall–Kier alpha value is -4.25.